The molecule has 0 saturated carbocycles. The van der Waals surface area contributed by atoms with Gasteiger partial charge in [0, 0.05) is 16.7 Å². The zero-order valence-electron chi connectivity index (χ0n) is 22.0. The third-order valence-corrected chi connectivity index (χ3v) is 6.01. The molecule has 0 radical (unpaired) electrons. The summed E-state index contributed by atoms with van der Waals surface area (Å²) in [7, 11) is 0. The lowest BCUT2D eigenvalue weighted by Crippen LogP contribution is -2.28. The Hall–Kier alpha value is -4.32. The highest BCUT2D eigenvalue weighted by atomic mass is 16.5. The Labute approximate surface area is 225 Å². The van der Waals surface area contributed by atoms with Crippen LogP contribution in [0.25, 0.3) is 0 Å². The fourth-order valence-corrected chi connectivity index (χ4v) is 4.30. The Balaban J connectivity index is 2.14. The third kappa shape index (κ3) is 7.13. The summed E-state index contributed by atoms with van der Waals surface area (Å²) in [6, 6.07) is 24.0. The second-order valence-corrected chi connectivity index (χ2v) is 8.27. The summed E-state index contributed by atoms with van der Waals surface area (Å²) in [6.07, 6.45) is 4.23. The predicted molar refractivity (Wildman–Crippen MR) is 150 cm³/mol. The first-order valence-electron chi connectivity index (χ1n) is 12.5. The van der Waals surface area contributed by atoms with Crippen molar-refractivity contribution in [2.24, 2.45) is 0 Å². The number of ether oxygens (including phenoxy) is 6. The Kier molecular flexibility index (Phi) is 11.2. The van der Waals surface area contributed by atoms with E-state index >= 15 is 0 Å². The number of hydrogen-bond donors (Lipinski definition) is 0. The molecule has 0 aliphatic rings. The van der Waals surface area contributed by atoms with Gasteiger partial charge in [-0.3, -0.25) is 0 Å². The molecule has 3 aromatic carbocycles. The lowest BCUT2D eigenvalue weighted by atomic mass is 9.70. The first-order chi connectivity index (χ1) is 18.7. The van der Waals surface area contributed by atoms with Crippen LogP contribution in [0.3, 0.4) is 0 Å². The molecule has 0 N–H and O–H groups in total. The van der Waals surface area contributed by atoms with Gasteiger partial charge in [-0.25, -0.2) is 0 Å². The Morgan fingerprint density at radius 3 is 1.08 bits per heavy atom. The zero-order chi connectivity index (χ0) is 27.1. The molecule has 0 saturated heterocycles. The summed E-state index contributed by atoms with van der Waals surface area (Å²) < 4.78 is 34.5. The van der Waals surface area contributed by atoms with Crippen molar-refractivity contribution in [3.8, 4) is 17.2 Å². The molecular weight excluding hydrogens is 480 g/mol. The first-order valence-corrected chi connectivity index (χ1v) is 12.5. The molecule has 0 fully saturated rings. The minimum absolute atomic E-state index is 0.368. The molecule has 0 aliphatic carbocycles. The van der Waals surface area contributed by atoms with Crippen molar-refractivity contribution in [3.63, 3.8) is 0 Å². The molecule has 3 aromatic rings. The molecule has 6 heteroatoms. The monoisotopic (exact) mass is 516 g/mol. The van der Waals surface area contributed by atoms with Crippen molar-refractivity contribution in [1.29, 1.82) is 0 Å². The van der Waals surface area contributed by atoms with Crippen molar-refractivity contribution in [1.82, 2.24) is 0 Å². The van der Waals surface area contributed by atoms with Gasteiger partial charge in [0.15, 0.2) is 0 Å². The largest absolute Gasteiger partial charge is 0.498 e. The van der Waals surface area contributed by atoms with E-state index in [-0.39, 0.29) is 0 Å². The Bertz CT molecular complexity index is 1030. The van der Waals surface area contributed by atoms with Gasteiger partial charge in [0.1, 0.15) is 56.9 Å². The van der Waals surface area contributed by atoms with Crippen LogP contribution >= 0.6 is 0 Å². The van der Waals surface area contributed by atoms with E-state index in [0.717, 1.165) is 33.9 Å². The van der Waals surface area contributed by atoms with Crippen LogP contribution < -0.4 is 14.2 Å². The van der Waals surface area contributed by atoms with Gasteiger partial charge in [-0.1, -0.05) is 74.3 Å². The van der Waals surface area contributed by atoms with E-state index in [4.69, 9.17) is 28.4 Å². The van der Waals surface area contributed by atoms with Crippen LogP contribution in [0.5, 0.6) is 17.2 Å². The van der Waals surface area contributed by atoms with Crippen molar-refractivity contribution < 1.29 is 28.4 Å². The van der Waals surface area contributed by atoms with E-state index in [1.165, 1.54) is 18.8 Å². The lowest BCUT2D eigenvalue weighted by Gasteiger charge is -2.35. The molecule has 0 amide bonds. The maximum absolute atomic E-state index is 6.22. The summed E-state index contributed by atoms with van der Waals surface area (Å²) in [5, 5.41) is 0. The maximum Gasteiger partial charge on any atom is 0.123 e. The summed E-state index contributed by atoms with van der Waals surface area (Å²) in [6.45, 7) is 15.2. The smallest absolute Gasteiger partial charge is 0.123 e. The Morgan fingerprint density at radius 2 is 0.789 bits per heavy atom. The molecule has 0 aliphatic heterocycles. The fraction of sp³-hybridized carbons (Fsp3) is 0.250. The van der Waals surface area contributed by atoms with Gasteiger partial charge in [-0.05, 0) is 25.1 Å². The molecule has 38 heavy (non-hydrogen) atoms. The molecule has 200 valence electrons. The molecule has 0 atom stereocenters. The van der Waals surface area contributed by atoms with E-state index < -0.39 is 5.41 Å². The van der Waals surface area contributed by atoms with E-state index in [1.54, 1.807) is 0 Å². The number of benzene rings is 3. The number of rotatable bonds is 18. The van der Waals surface area contributed by atoms with Crippen LogP contribution in [0.15, 0.2) is 111 Å². The van der Waals surface area contributed by atoms with Crippen LogP contribution in [-0.4, -0.2) is 39.6 Å². The minimum Gasteiger partial charge on any atom is -0.498 e. The van der Waals surface area contributed by atoms with Crippen LogP contribution in [0.4, 0.5) is 0 Å². The molecule has 3 rings (SSSR count). The second-order valence-electron chi connectivity index (χ2n) is 8.27. The zero-order valence-corrected chi connectivity index (χ0v) is 22.0. The average molecular weight is 517 g/mol. The molecule has 0 bridgehead atoms. The van der Waals surface area contributed by atoms with Gasteiger partial charge >= 0.3 is 0 Å². The van der Waals surface area contributed by atoms with Crippen molar-refractivity contribution in [2.45, 2.75) is 12.3 Å². The predicted octanol–water partition coefficient (Wildman–Crippen LogP) is 6.66. The van der Waals surface area contributed by atoms with Crippen LogP contribution in [-0.2, 0) is 19.6 Å². The van der Waals surface area contributed by atoms with Crippen molar-refractivity contribution >= 4 is 0 Å². The Morgan fingerprint density at radius 1 is 0.500 bits per heavy atom. The normalized spacial score (nSPS) is 10.7. The highest BCUT2D eigenvalue weighted by Crippen LogP contribution is 2.49. The van der Waals surface area contributed by atoms with Gasteiger partial charge in [0.25, 0.3) is 0 Å². The van der Waals surface area contributed by atoms with Gasteiger partial charge in [0.2, 0.25) is 0 Å². The third-order valence-electron chi connectivity index (χ3n) is 6.01. The lowest BCUT2D eigenvalue weighted by molar-refractivity contribution is 0.174. The van der Waals surface area contributed by atoms with Gasteiger partial charge < -0.3 is 28.4 Å². The molecular formula is C32H36O6. The molecule has 0 unspecified atom stereocenters. The number of para-hydroxylation sites is 3. The van der Waals surface area contributed by atoms with Crippen LogP contribution in [0.2, 0.25) is 0 Å². The van der Waals surface area contributed by atoms with Crippen molar-refractivity contribution in [2.75, 3.05) is 39.6 Å². The topological polar surface area (TPSA) is 55.4 Å². The van der Waals surface area contributed by atoms with E-state index in [0.29, 0.717) is 39.6 Å². The van der Waals surface area contributed by atoms with E-state index in [2.05, 4.69) is 44.9 Å². The standard InChI is InChI=1S/C32H36O6/c1-5-33-20-23-36-29-17-11-8-14-26(29)32(4,27-15-9-12-18-30(27)37-24-21-34-6-2)28-16-10-13-19-31(28)38-25-22-35-7-3/h5-19H,1-3,20-25H2,4H3. The first kappa shape index (κ1) is 28.3. The fourth-order valence-electron chi connectivity index (χ4n) is 4.30. The summed E-state index contributed by atoms with van der Waals surface area (Å²) in [5.74, 6) is 2.20. The summed E-state index contributed by atoms with van der Waals surface area (Å²) >= 11 is 0. The van der Waals surface area contributed by atoms with E-state index in [1.807, 2.05) is 54.6 Å². The quantitative estimate of drug-likeness (QED) is 0.107. The van der Waals surface area contributed by atoms with E-state index in [9.17, 15) is 0 Å². The van der Waals surface area contributed by atoms with Gasteiger partial charge in [0.05, 0.1) is 24.2 Å². The van der Waals surface area contributed by atoms with Crippen LogP contribution in [0.1, 0.15) is 23.6 Å². The highest BCUT2D eigenvalue weighted by molar-refractivity contribution is 5.61. The van der Waals surface area contributed by atoms with Gasteiger partial charge in [-0.2, -0.15) is 0 Å². The summed E-state index contributed by atoms with van der Waals surface area (Å²) in [4.78, 5) is 0. The summed E-state index contributed by atoms with van der Waals surface area (Å²) in [5.41, 5.74) is 2.14. The minimum atomic E-state index is -0.721. The molecule has 6 nitrogen and oxygen atoms in total. The molecule has 0 heterocycles. The van der Waals surface area contributed by atoms with Crippen molar-refractivity contribution in [3.05, 3.63) is 128 Å². The SMILES string of the molecule is C=COCCOc1ccccc1C(C)(c1ccccc1OCCOC=C)c1ccccc1OCCOC=C. The average Bonchev–Trinajstić information content (AvgIpc) is 2.96. The van der Waals surface area contributed by atoms with Gasteiger partial charge in [-0.15, -0.1) is 0 Å². The maximum atomic E-state index is 6.22. The van der Waals surface area contributed by atoms with Crippen LogP contribution in [0, 0.1) is 0 Å². The number of hydrogen-bond acceptors (Lipinski definition) is 6. The second kappa shape index (κ2) is 15.1. The highest BCUT2D eigenvalue weighted by Gasteiger charge is 2.38. The molecule has 0 spiro atoms. The molecule has 0 aromatic heterocycles.